The van der Waals surface area contributed by atoms with Crippen molar-refractivity contribution in [3.05, 3.63) is 71.9 Å². The van der Waals surface area contributed by atoms with Gasteiger partial charge in [0.15, 0.2) is 11.5 Å². The molecule has 1 aliphatic heterocycles. The van der Waals surface area contributed by atoms with Crippen molar-refractivity contribution < 1.29 is 26.8 Å². The van der Waals surface area contributed by atoms with E-state index >= 15 is 0 Å². The Labute approximate surface area is 185 Å². The molecule has 10 heteroatoms. The number of hydrogen-bond donors (Lipinski definition) is 2. The molecular formula is C22H23N3O6S. The summed E-state index contributed by atoms with van der Waals surface area (Å²) >= 11 is 0. The second kappa shape index (κ2) is 9.41. The number of nitrogens with one attached hydrogen (secondary N) is 2. The lowest BCUT2D eigenvalue weighted by molar-refractivity contribution is 0.0917. The highest BCUT2D eigenvalue weighted by atomic mass is 32.2. The molecule has 1 aliphatic rings. The van der Waals surface area contributed by atoms with Crippen molar-refractivity contribution in [1.82, 2.24) is 9.62 Å². The average Bonchev–Trinajstić information content (AvgIpc) is 3.52. The molecule has 2 N–H and O–H groups in total. The Balaban J connectivity index is 1.32. The quantitative estimate of drug-likeness (QED) is 0.562. The van der Waals surface area contributed by atoms with Crippen LogP contribution in [0.15, 0.2) is 68.7 Å². The molecule has 0 bridgehead atoms. The van der Waals surface area contributed by atoms with Gasteiger partial charge in [0.2, 0.25) is 5.09 Å². The van der Waals surface area contributed by atoms with Crippen LogP contribution < -0.4 is 10.6 Å². The first-order valence-electron chi connectivity index (χ1n) is 10.3. The smallest absolute Gasteiger partial charge is 0.291 e. The van der Waals surface area contributed by atoms with Gasteiger partial charge < -0.3 is 19.5 Å². The second-order valence-electron chi connectivity index (χ2n) is 7.39. The summed E-state index contributed by atoms with van der Waals surface area (Å²) in [4.78, 5) is 24.4. The maximum Gasteiger partial charge on any atom is 0.291 e. The van der Waals surface area contributed by atoms with Crippen LogP contribution in [0.1, 0.15) is 45.9 Å². The molecule has 1 aromatic carbocycles. The predicted octanol–water partition coefficient (Wildman–Crippen LogP) is 3.23. The third-order valence-corrected chi connectivity index (χ3v) is 6.90. The van der Waals surface area contributed by atoms with Crippen LogP contribution in [0.25, 0.3) is 0 Å². The first-order chi connectivity index (χ1) is 15.4. The highest BCUT2D eigenvalue weighted by molar-refractivity contribution is 7.89. The van der Waals surface area contributed by atoms with E-state index in [1.807, 2.05) is 0 Å². The van der Waals surface area contributed by atoms with E-state index in [2.05, 4.69) is 10.6 Å². The van der Waals surface area contributed by atoms with Crippen molar-refractivity contribution >= 4 is 27.5 Å². The summed E-state index contributed by atoms with van der Waals surface area (Å²) in [5, 5.41) is 5.19. The summed E-state index contributed by atoms with van der Waals surface area (Å²) < 4.78 is 37.1. The Bertz CT molecular complexity index is 1180. The molecule has 0 aliphatic carbocycles. The summed E-state index contributed by atoms with van der Waals surface area (Å²) in [6.07, 6.45) is 4.07. The van der Waals surface area contributed by atoms with Gasteiger partial charge in [-0.05, 0) is 54.8 Å². The molecule has 1 saturated heterocycles. The maximum atomic E-state index is 12.7. The SMILES string of the molecule is O=C(Nc1ccc(CNC(=O)c2ccc(S(=O)(=O)N3CCCCC3)o2)cc1)c1ccco1. The van der Waals surface area contributed by atoms with Crippen LogP contribution in [-0.4, -0.2) is 37.6 Å². The minimum absolute atomic E-state index is 0.0667. The largest absolute Gasteiger partial charge is 0.459 e. The Morgan fingerprint density at radius 1 is 0.906 bits per heavy atom. The Morgan fingerprint density at radius 3 is 2.34 bits per heavy atom. The van der Waals surface area contributed by atoms with E-state index in [4.69, 9.17) is 8.83 Å². The number of amides is 2. The van der Waals surface area contributed by atoms with Crippen molar-refractivity contribution in [3.8, 4) is 0 Å². The number of sulfonamides is 1. The fourth-order valence-corrected chi connectivity index (χ4v) is 4.82. The first kappa shape index (κ1) is 21.8. The van der Waals surface area contributed by atoms with Gasteiger partial charge in [-0.15, -0.1) is 0 Å². The predicted molar refractivity (Wildman–Crippen MR) is 116 cm³/mol. The molecule has 0 unspecified atom stereocenters. The van der Waals surface area contributed by atoms with Gasteiger partial charge in [-0.25, -0.2) is 8.42 Å². The summed E-state index contributed by atoms with van der Waals surface area (Å²) in [6, 6.07) is 12.8. The molecule has 3 heterocycles. The van der Waals surface area contributed by atoms with Crippen LogP contribution >= 0.6 is 0 Å². The lowest BCUT2D eigenvalue weighted by Crippen LogP contribution is -2.35. The average molecular weight is 458 g/mol. The third-order valence-electron chi connectivity index (χ3n) is 5.12. The lowest BCUT2D eigenvalue weighted by Gasteiger charge is -2.24. The molecule has 32 heavy (non-hydrogen) atoms. The zero-order chi connectivity index (χ0) is 22.6. The van der Waals surface area contributed by atoms with Crippen molar-refractivity contribution in [2.45, 2.75) is 30.9 Å². The third kappa shape index (κ3) is 4.92. The number of rotatable bonds is 7. The number of nitrogens with zero attached hydrogens (tertiary/aromatic N) is 1. The van der Waals surface area contributed by atoms with Crippen LogP contribution in [0.4, 0.5) is 5.69 Å². The second-order valence-corrected chi connectivity index (χ2v) is 9.26. The van der Waals surface area contributed by atoms with Gasteiger partial charge in [-0.1, -0.05) is 18.6 Å². The van der Waals surface area contributed by atoms with Crippen LogP contribution in [-0.2, 0) is 16.6 Å². The summed E-state index contributed by atoms with van der Waals surface area (Å²) in [5.74, 6) is -0.728. The molecule has 168 valence electrons. The zero-order valence-corrected chi connectivity index (χ0v) is 18.1. The van der Waals surface area contributed by atoms with Gasteiger partial charge in [0, 0.05) is 25.3 Å². The summed E-state index contributed by atoms with van der Waals surface area (Å²) in [7, 11) is -3.73. The van der Waals surface area contributed by atoms with E-state index in [0.29, 0.717) is 18.8 Å². The Hall–Kier alpha value is -3.37. The monoisotopic (exact) mass is 457 g/mol. The number of carbonyl (C=O) groups excluding carboxylic acids is 2. The number of carbonyl (C=O) groups is 2. The van der Waals surface area contributed by atoms with E-state index in [9.17, 15) is 18.0 Å². The normalized spacial score (nSPS) is 14.8. The van der Waals surface area contributed by atoms with Crippen LogP contribution in [0.3, 0.4) is 0 Å². The van der Waals surface area contributed by atoms with Crippen LogP contribution in [0.2, 0.25) is 0 Å². The minimum atomic E-state index is -3.73. The number of furan rings is 2. The van der Waals surface area contributed by atoms with Gasteiger partial charge in [0.05, 0.1) is 6.26 Å². The van der Waals surface area contributed by atoms with Gasteiger partial charge in [-0.3, -0.25) is 9.59 Å². The number of hydrogen-bond acceptors (Lipinski definition) is 6. The molecule has 2 aromatic heterocycles. The minimum Gasteiger partial charge on any atom is -0.459 e. The van der Waals surface area contributed by atoms with E-state index in [1.165, 1.54) is 22.7 Å². The van der Waals surface area contributed by atoms with Gasteiger partial charge in [0.1, 0.15) is 0 Å². The Morgan fingerprint density at radius 2 is 1.66 bits per heavy atom. The van der Waals surface area contributed by atoms with Gasteiger partial charge in [0.25, 0.3) is 21.8 Å². The molecule has 3 aromatic rings. The van der Waals surface area contributed by atoms with E-state index in [1.54, 1.807) is 36.4 Å². The van der Waals surface area contributed by atoms with Gasteiger partial charge in [-0.2, -0.15) is 4.31 Å². The highest BCUT2D eigenvalue weighted by Crippen LogP contribution is 2.22. The van der Waals surface area contributed by atoms with E-state index in [0.717, 1.165) is 24.8 Å². The van der Waals surface area contributed by atoms with Crippen molar-refractivity contribution in [2.75, 3.05) is 18.4 Å². The topological polar surface area (TPSA) is 122 Å². The molecular weight excluding hydrogens is 434 g/mol. The van der Waals surface area contributed by atoms with E-state index in [-0.39, 0.29) is 29.1 Å². The molecule has 4 rings (SSSR count). The molecule has 2 amide bonds. The number of piperidine rings is 1. The summed E-state index contributed by atoms with van der Waals surface area (Å²) in [5.41, 5.74) is 1.38. The first-order valence-corrected chi connectivity index (χ1v) is 11.7. The maximum absolute atomic E-state index is 12.7. The van der Waals surface area contributed by atoms with Crippen molar-refractivity contribution in [1.29, 1.82) is 0 Å². The van der Waals surface area contributed by atoms with Crippen LogP contribution in [0.5, 0.6) is 0 Å². The molecule has 0 spiro atoms. The molecule has 1 fully saturated rings. The van der Waals surface area contributed by atoms with Crippen molar-refractivity contribution in [2.24, 2.45) is 0 Å². The fourth-order valence-electron chi connectivity index (χ4n) is 3.39. The summed E-state index contributed by atoms with van der Waals surface area (Å²) in [6.45, 7) is 1.13. The number of anilines is 1. The zero-order valence-electron chi connectivity index (χ0n) is 17.2. The number of benzene rings is 1. The molecule has 0 saturated carbocycles. The molecule has 0 atom stereocenters. The molecule has 0 radical (unpaired) electrons. The fraction of sp³-hybridized carbons (Fsp3) is 0.273. The van der Waals surface area contributed by atoms with E-state index < -0.39 is 15.9 Å². The molecule has 9 nitrogen and oxygen atoms in total. The Kier molecular flexibility index (Phi) is 6.42. The highest BCUT2D eigenvalue weighted by Gasteiger charge is 2.29. The lowest BCUT2D eigenvalue weighted by atomic mass is 10.2. The van der Waals surface area contributed by atoms with Gasteiger partial charge >= 0.3 is 0 Å². The van der Waals surface area contributed by atoms with Crippen LogP contribution in [0, 0.1) is 0 Å². The van der Waals surface area contributed by atoms with Crippen molar-refractivity contribution in [3.63, 3.8) is 0 Å². The standard InChI is InChI=1S/C22H23N3O6S/c26-21(19-10-11-20(31-19)32(28,29)25-12-2-1-3-13-25)23-15-16-6-8-17(9-7-16)24-22(27)18-5-4-14-30-18/h4-11,14H,1-3,12-13,15H2,(H,23,26)(H,24,27).